The largest absolute Gasteiger partial charge is 0.507 e. The first-order valence-electron chi connectivity index (χ1n) is 14.7. The Balaban J connectivity index is 1.71. The van der Waals surface area contributed by atoms with Crippen LogP contribution in [0.2, 0.25) is 0 Å². The van der Waals surface area contributed by atoms with Crippen molar-refractivity contribution < 1.29 is 38.4 Å². The molecular weight excluding hydrogens is 536 g/mol. The van der Waals surface area contributed by atoms with Crippen molar-refractivity contribution in [3.8, 4) is 17.2 Å². The fourth-order valence-corrected chi connectivity index (χ4v) is 7.99. The van der Waals surface area contributed by atoms with E-state index < -0.39 is 39.5 Å². The van der Waals surface area contributed by atoms with E-state index in [1.54, 1.807) is 19.1 Å². The molecule has 2 fully saturated rings. The normalized spacial score (nSPS) is 34.6. The number of phenols is 1. The van der Waals surface area contributed by atoms with E-state index >= 15 is 0 Å². The van der Waals surface area contributed by atoms with Gasteiger partial charge in [-0.15, -0.1) is 0 Å². The lowest BCUT2D eigenvalue weighted by molar-refractivity contribution is -0.190. The van der Waals surface area contributed by atoms with Gasteiger partial charge in [0.15, 0.2) is 17.0 Å². The number of ether oxygens (including phenoxy) is 4. The van der Waals surface area contributed by atoms with Crippen LogP contribution >= 0.6 is 0 Å². The highest BCUT2D eigenvalue weighted by molar-refractivity contribution is 6.20. The summed E-state index contributed by atoms with van der Waals surface area (Å²) in [5.41, 5.74) is -2.95. The van der Waals surface area contributed by atoms with Crippen LogP contribution in [0.4, 0.5) is 0 Å². The van der Waals surface area contributed by atoms with Gasteiger partial charge in [0.25, 0.3) is 0 Å². The monoisotopic (exact) mass is 576 g/mol. The van der Waals surface area contributed by atoms with Crippen LogP contribution in [0.5, 0.6) is 17.2 Å². The second kappa shape index (κ2) is 8.66. The number of aromatic hydroxyl groups is 1. The maximum Gasteiger partial charge on any atom is 0.205 e. The number of aldehydes is 1. The summed E-state index contributed by atoms with van der Waals surface area (Å²) >= 11 is 0. The summed E-state index contributed by atoms with van der Waals surface area (Å²) in [5.74, 6) is -0.614. The first kappa shape index (κ1) is 28.9. The van der Waals surface area contributed by atoms with Crippen LogP contribution in [0.1, 0.15) is 89.7 Å². The van der Waals surface area contributed by atoms with Gasteiger partial charge in [-0.2, -0.15) is 0 Å². The Morgan fingerprint density at radius 2 is 1.81 bits per heavy atom. The van der Waals surface area contributed by atoms with Crippen LogP contribution in [-0.4, -0.2) is 58.6 Å². The highest BCUT2D eigenvalue weighted by Gasteiger charge is 2.84. The number of Topliss-reactive ketones (excluding diaryl/α,β-unsaturated/α-hetero) is 2. The van der Waals surface area contributed by atoms with E-state index in [4.69, 9.17) is 18.9 Å². The molecule has 8 heteroatoms. The van der Waals surface area contributed by atoms with Crippen LogP contribution in [0, 0.1) is 5.92 Å². The summed E-state index contributed by atoms with van der Waals surface area (Å²) in [6, 6.07) is 0. The zero-order chi connectivity index (χ0) is 30.8. The summed E-state index contributed by atoms with van der Waals surface area (Å²) < 4.78 is 26.3. The summed E-state index contributed by atoms with van der Waals surface area (Å²) in [5, 5.41) is 11.8. The van der Waals surface area contributed by atoms with Crippen molar-refractivity contribution in [1.29, 1.82) is 0 Å². The number of ketones is 2. The number of carbonyl (C=O) groups is 3. The summed E-state index contributed by atoms with van der Waals surface area (Å²) in [6.45, 7) is 15.5. The van der Waals surface area contributed by atoms with E-state index in [-0.39, 0.29) is 47.4 Å². The Bertz CT molecular complexity index is 1550. The van der Waals surface area contributed by atoms with Gasteiger partial charge in [-0.25, -0.2) is 0 Å². The van der Waals surface area contributed by atoms with E-state index in [9.17, 15) is 19.5 Å². The van der Waals surface area contributed by atoms with Gasteiger partial charge in [-0.05, 0) is 66.0 Å². The number of benzene rings is 1. The third-order valence-corrected chi connectivity index (χ3v) is 10.5. The summed E-state index contributed by atoms with van der Waals surface area (Å²) in [4.78, 5) is 41.0. The molecule has 6 aliphatic rings. The highest BCUT2D eigenvalue weighted by atomic mass is 16.6. The van der Waals surface area contributed by atoms with Crippen molar-refractivity contribution in [3.05, 3.63) is 51.6 Å². The van der Waals surface area contributed by atoms with Crippen molar-refractivity contribution in [1.82, 2.24) is 0 Å². The van der Waals surface area contributed by atoms with E-state index in [0.29, 0.717) is 28.9 Å². The molecule has 1 aromatic carbocycles. The van der Waals surface area contributed by atoms with E-state index in [1.165, 1.54) is 7.11 Å². The zero-order valence-electron chi connectivity index (χ0n) is 25.9. The van der Waals surface area contributed by atoms with Crippen LogP contribution in [0.25, 0.3) is 0 Å². The number of fused-ring (bicyclic) bond motifs is 3. The third-order valence-electron chi connectivity index (χ3n) is 10.5. The average molecular weight is 577 g/mol. The minimum Gasteiger partial charge on any atom is -0.507 e. The maximum atomic E-state index is 14.8. The molecule has 7 rings (SSSR count). The third kappa shape index (κ3) is 3.23. The fourth-order valence-electron chi connectivity index (χ4n) is 7.99. The predicted octanol–water partition coefficient (Wildman–Crippen LogP) is 5.27. The van der Waals surface area contributed by atoms with E-state index in [1.807, 2.05) is 54.5 Å². The summed E-state index contributed by atoms with van der Waals surface area (Å²) in [6.07, 6.45) is 6.38. The van der Waals surface area contributed by atoms with Crippen molar-refractivity contribution in [3.63, 3.8) is 0 Å². The quantitative estimate of drug-likeness (QED) is 0.277. The van der Waals surface area contributed by atoms with Crippen molar-refractivity contribution in [2.45, 2.75) is 109 Å². The van der Waals surface area contributed by atoms with Gasteiger partial charge < -0.3 is 24.1 Å². The van der Waals surface area contributed by atoms with Crippen molar-refractivity contribution >= 4 is 17.9 Å². The van der Waals surface area contributed by atoms with Gasteiger partial charge in [0.2, 0.25) is 5.78 Å². The minimum absolute atomic E-state index is 0.0184. The SMILES string of the molecule is CO[C@]12C=C3C(=O)c4c(O)c(CC=C(C)C)c5c(c4O[C@]34[C@@H](C1)C(C)(C)O[C@]4(C/C=C(\C)C=O)C2=O)C(C)(C)[C@H](C)O5. The van der Waals surface area contributed by atoms with Gasteiger partial charge in [0.1, 0.15) is 40.8 Å². The molecule has 1 saturated heterocycles. The Labute approximate surface area is 246 Å². The van der Waals surface area contributed by atoms with E-state index in [2.05, 4.69) is 0 Å². The predicted molar refractivity (Wildman–Crippen MR) is 155 cm³/mol. The van der Waals surface area contributed by atoms with Crippen molar-refractivity contribution in [2.75, 3.05) is 7.11 Å². The number of phenolic OH excluding ortho intramolecular Hbond substituents is 1. The van der Waals surface area contributed by atoms with Crippen molar-refractivity contribution in [2.24, 2.45) is 5.92 Å². The molecule has 1 aromatic rings. The van der Waals surface area contributed by atoms with Gasteiger partial charge in [-0.1, -0.05) is 31.6 Å². The number of methoxy groups -OCH3 is 1. The molecule has 5 atom stereocenters. The van der Waals surface area contributed by atoms with Gasteiger partial charge in [0.05, 0.1) is 5.60 Å². The van der Waals surface area contributed by atoms with Crippen LogP contribution in [-0.2, 0) is 30.9 Å². The van der Waals surface area contributed by atoms with Crippen LogP contribution < -0.4 is 9.47 Å². The Hall–Kier alpha value is -3.23. The number of hydrogen-bond donors (Lipinski definition) is 1. The molecule has 224 valence electrons. The first-order chi connectivity index (χ1) is 19.5. The lowest BCUT2D eigenvalue weighted by Gasteiger charge is -2.59. The summed E-state index contributed by atoms with van der Waals surface area (Å²) in [7, 11) is 1.46. The van der Waals surface area contributed by atoms with Gasteiger partial charge >= 0.3 is 0 Å². The molecule has 3 heterocycles. The second-order valence-corrected chi connectivity index (χ2v) is 13.9. The number of allylic oxidation sites excluding steroid dienone is 3. The maximum absolute atomic E-state index is 14.8. The van der Waals surface area contributed by atoms with Gasteiger partial charge in [0, 0.05) is 41.6 Å². The lowest BCUT2D eigenvalue weighted by Crippen LogP contribution is -2.77. The Morgan fingerprint density at radius 1 is 1.12 bits per heavy atom. The number of rotatable bonds is 6. The topological polar surface area (TPSA) is 108 Å². The number of carbonyl (C=O) groups excluding carboxylic acids is 3. The molecule has 0 unspecified atom stereocenters. The minimum atomic E-state index is -1.64. The molecule has 1 saturated carbocycles. The molecular formula is C34H40O8. The highest BCUT2D eigenvalue weighted by Crippen LogP contribution is 2.70. The molecule has 0 amide bonds. The second-order valence-electron chi connectivity index (χ2n) is 13.9. The molecule has 4 bridgehead atoms. The molecule has 0 aromatic heterocycles. The number of hydrogen-bond acceptors (Lipinski definition) is 8. The van der Waals surface area contributed by atoms with Crippen LogP contribution in [0.3, 0.4) is 0 Å². The Morgan fingerprint density at radius 3 is 2.43 bits per heavy atom. The molecule has 3 aliphatic carbocycles. The molecule has 8 nitrogen and oxygen atoms in total. The average Bonchev–Trinajstić information content (AvgIpc) is 3.25. The molecule has 0 radical (unpaired) electrons. The molecule has 42 heavy (non-hydrogen) atoms. The smallest absolute Gasteiger partial charge is 0.205 e. The molecule has 3 aliphatic heterocycles. The Kier molecular flexibility index (Phi) is 5.96. The molecule has 1 N–H and O–H groups in total. The zero-order valence-corrected chi connectivity index (χ0v) is 25.9. The van der Waals surface area contributed by atoms with E-state index in [0.717, 1.165) is 11.9 Å². The first-order valence-corrected chi connectivity index (χ1v) is 14.7. The lowest BCUT2D eigenvalue weighted by atomic mass is 9.49. The molecule has 1 spiro atoms. The fraction of sp³-hybridized carbons (Fsp3) is 0.559. The van der Waals surface area contributed by atoms with Crippen LogP contribution in [0.15, 0.2) is 34.9 Å². The standard InChI is InChI=1S/C34H40O8/c1-17(2)10-11-20-25(36)23-26(37)21-14-32(39-9)15-22-31(7,8)42-33(29(32)38,13-12-18(3)16-35)34(21,22)41-28(23)24-27(20)40-19(4)30(24,5)6/h10,12,14,16,19,22,36H,11,13,15H2,1-9H3/b18-12+/t19-,22-,32+,33+,34-/m0/s1. The van der Waals surface area contributed by atoms with Gasteiger partial charge in [-0.3, -0.25) is 14.4 Å².